The number of rotatable bonds is 2. The minimum absolute atomic E-state index is 0.0658. The molecule has 0 aliphatic carbocycles. The van der Waals surface area contributed by atoms with E-state index in [2.05, 4.69) is 15.6 Å². The van der Waals surface area contributed by atoms with Gasteiger partial charge in [-0.3, -0.25) is 0 Å². The van der Waals surface area contributed by atoms with Crippen LogP contribution in [0.15, 0.2) is 30.3 Å². The molecule has 82 valence electrons. The SMILES string of the molecule is NNc1ccc(-c2cc(F)ccc2F)nn1. The van der Waals surface area contributed by atoms with Crippen LogP contribution >= 0.6 is 0 Å². The topological polar surface area (TPSA) is 63.8 Å². The summed E-state index contributed by atoms with van der Waals surface area (Å²) in [7, 11) is 0. The number of nitrogens with zero attached hydrogens (tertiary/aromatic N) is 2. The number of nitrogens with one attached hydrogen (secondary N) is 1. The second-order valence-corrected chi connectivity index (χ2v) is 3.07. The van der Waals surface area contributed by atoms with Gasteiger partial charge in [-0.1, -0.05) is 0 Å². The first kappa shape index (κ1) is 10.4. The summed E-state index contributed by atoms with van der Waals surface area (Å²) in [5, 5.41) is 7.39. The van der Waals surface area contributed by atoms with Crippen molar-refractivity contribution in [3.05, 3.63) is 42.0 Å². The van der Waals surface area contributed by atoms with Crippen LogP contribution < -0.4 is 11.3 Å². The van der Waals surface area contributed by atoms with E-state index in [0.717, 1.165) is 18.2 Å². The average Bonchev–Trinajstić information content (AvgIpc) is 2.32. The lowest BCUT2D eigenvalue weighted by molar-refractivity contribution is 0.602. The number of hydrogen-bond donors (Lipinski definition) is 2. The summed E-state index contributed by atoms with van der Waals surface area (Å²) in [6.07, 6.45) is 0. The van der Waals surface area contributed by atoms with E-state index in [-0.39, 0.29) is 11.3 Å². The molecule has 1 aromatic carbocycles. The normalized spacial score (nSPS) is 10.2. The Morgan fingerprint density at radius 2 is 1.88 bits per heavy atom. The summed E-state index contributed by atoms with van der Waals surface area (Å²) in [5.41, 5.74) is 2.60. The molecule has 0 atom stereocenters. The highest BCUT2D eigenvalue weighted by Crippen LogP contribution is 2.21. The summed E-state index contributed by atoms with van der Waals surface area (Å²) in [5.74, 6) is 4.37. The minimum Gasteiger partial charge on any atom is -0.307 e. The third-order valence-corrected chi connectivity index (χ3v) is 2.02. The second-order valence-electron chi connectivity index (χ2n) is 3.07. The van der Waals surface area contributed by atoms with Crippen LogP contribution in [0.2, 0.25) is 0 Å². The first-order chi connectivity index (χ1) is 7.70. The minimum atomic E-state index is -0.552. The summed E-state index contributed by atoms with van der Waals surface area (Å²) < 4.78 is 26.3. The monoisotopic (exact) mass is 222 g/mol. The van der Waals surface area contributed by atoms with Crippen LogP contribution in [0.25, 0.3) is 11.3 Å². The average molecular weight is 222 g/mol. The van der Waals surface area contributed by atoms with Crippen LogP contribution in [0.5, 0.6) is 0 Å². The summed E-state index contributed by atoms with van der Waals surface area (Å²) in [6, 6.07) is 6.17. The molecule has 1 heterocycles. The van der Waals surface area contributed by atoms with Crippen molar-refractivity contribution in [1.29, 1.82) is 0 Å². The fraction of sp³-hybridized carbons (Fsp3) is 0. The molecule has 3 N–H and O–H groups in total. The Morgan fingerprint density at radius 1 is 1.06 bits per heavy atom. The van der Waals surface area contributed by atoms with Crippen molar-refractivity contribution >= 4 is 5.82 Å². The molecular formula is C10H8F2N4. The lowest BCUT2D eigenvalue weighted by atomic mass is 10.1. The predicted octanol–water partition coefficient (Wildman–Crippen LogP) is 1.71. The Kier molecular flexibility index (Phi) is 2.74. The molecule has 16 heavy (non-hydrogen) atoms. The van der Waals surface area contributed by atoms with Gasteiger partial charge >= 0.3 is 0 Å². The molecule has 0 saturated heterocycles. The highest BCUT2D eigenvalue weighted by molar-refractivity contribution is 5.60. The van der Waals surface area contributed by atoms with E-state index in [4.69, 9.17) is 5.84 Å². The molecule has 0 saturated carbocycles. The molecule has 6 heteroatoms. The molecular weight excluding hydrogens is 214 g/mol. The van der Waals surface area contributed by atoms with Crippen molar-refractivity contribution in [1.82, 2.24) is 10.2 Å². The molecule has 0 spiro atoms. The first-order valence-electron chi connectivity index (χ1n) is 4.46. The fourth-order valence-corrected chi connectivity index (χ4v) is 1.25. The number of halogens is 2. The van der Waals surface area contributed by atoms with Crippen LogP contribution in [0.4, 0.5) is 14.6 Å². The van der Waals surface area contributed by atoms with Crippen LogP contribution in [-0.4, -0.2) is 10.2 Å². The molecule has 2 rings (SSSR count). The number of aromatic nitrogens is 2. The molecule has 2 aromatic rings. The number of nitrogens with two attached hydrogens (primary N) is 1. The van der Waals surface area contributed by atoms with Crippen LogP contribution in [0, 0.1) is 11.6 Å². The quantitative estimate of drug-likeness (QED) is 0.599. The molecule has 0 radical (unpaired) electrons. The largest absolute Gasteiger partial charge is 0.307 e. The third kappa shape index (κ3) is 1.96. The van der Waals surface area contributed by atoms with Gasteiger partial charge in [-0.15, -0.1) is 10.2 Å². The van der Waals surface area contributed by atoms with Crippen molar-refractivity contribution in [2.45, 2.75) is 0 Å². The van der Waals surface area contributed by atoms with Crippen LogP contribution in [0.1, 0.15) is 0 Å². The lowest BCUT2D eigenvalue weighted by Crippen LogP contribution is -2.09. The molecule has 0 amide bonds. The van der Waals surface area contributed by atoms with Gasteiger partial charge in [0.15, 0.2) is 5.82 Å². The van der Waals surface area contributed by atoms with Gasteiger partial charge in [0.2, 0.25) is 0 Å². The van der Waals surface area contributed by atoms with E-state index in [1.54, 1.807) is 0 Å². The fourth-order valence-electron chi connectivity index (χ4n) is 1.25. The van der Waals surface area contributed by atoms with E-state index in [1.165, 1.54) is 12.1 Å². The van der Waals surface area contributed by atoms with E-state index in [1.807, 2.05) is 0 Å². The summed E-state index contributed by atoms with van der Waals surface area (Å²) >= 11 is 0. The smallest absolute Gasteiger partial charge is 0.162 e. The van der Waals surface area contributed by atoms with Crippen molar-refractivity contribution in [3.8, 4) is 11.3 Å². The molecule has 0 bridgehead atoms. The standard InChI is InChI=1S/C10H8F2N4/c11-6-1-2-8(12)7(5-6)9-3-4-10(14-13)16-15-9/h1-5H,13H2,(H,14,16). The maximum atomic E-state index is 13.4. The van der Waals surface area contributed by atoms with Gasteiger partial charge < -0.3 is 5.43 Å². The predicted molar refractivity (Wildman–Crippen MR) is 55.2 cm³/mol. The van der Waals surface area contributed by atoms with Gasteiger partial charge in [-0.05, 0) is 30.3 Å². The number of benzene rings is 1. The highest BCUT2D eigenvalue weighted by Gasteiger charge is 2.08. The lowest BCUT2D eigenvalue weighted by Gasteiger charge is -2.03. The Morgan fingerprint density at radius 3 is 2.50 bits per heavy atom. The molecule has 0 unspecified atom stereocenters. The van der Waals surface area contributed by atoms with Crippen LogP contribution in [0.3, 0.4) is 0 Å². The number of nitrogen functional groups attached to an aromatic ring is 1. The molecule has 4 nitrogen and oxygen atoms in total. The van der Waals surface area contributed by atoms with E-state index >= 15 is 0 Å². The maximum absolute atomic E-state index is 13.4. The van der Waals surface area contributed by atoms with Gasteiger partial charge in [0.1, 0.15) is 11.6 Å². The van der Waals surface area contributed by atoms with Gasteiger partial charge in [-0.25, -0.2) is 14.6 Å². The number of anilines is 1. The highest BCUT2D eigenvalue weighted by atomic mass is 19.1. The van der Waals surface area contributed by atoms with Crippen molar-refractivity contribution in [3.63, 3.8) is 0 Å². The third-order valence-electron chi connectivity index (χ3n) is 2.02. The Labute approximate surface area is 90.1 Å². The first-order valence-corrected chi connectivity index (χ1v) is 4.46. The molecule has 1 aromatic heterocycles. The Bertz CT molecular complexity index is 499. The zero-order valence-electron chi connectivity index (χ0n) is 8.11. The van der Waals surface area contributed by atoms with Crippen molar-refractivity contribution in [2.24, 2.45) is 5.84 Å². The van der Waals surface area contributed by atoms with Crippen molar-refractivity contribution in [2.75, 3.05) is 5.43 Å². The van der Waals surface area contributed by atoms with Gasteiger partial charge in [0.05, 0.1) is 5.69 Å². The summed E-state index contributed by atoms with van der Waals surface area (Å²) in [6.45, 7) is 0. The molecule has 0 aliphatic rings. The Hall–Kier alpha value is -2.08. The van der Waals surface area contributed by atoms with Gasteiger partial charge in [-0.2, -0.15) is 0 Å². The second kappa shape index (κ2) is 4.19. The van der Waals surface area contributed by atoms with Gasteiger partial charge in [0.25, 0.3) is 0 Å². The van der Waals surface area contributed by atoms with Crippen molar-refractivity contribution < 1.29 is 8.78 Å². The zero-order chi connectivity index (χ0) is 11.5. The summed E-state index contributed by atoms with van der Waals surface area (Å²) in [4.78, 5) is 0. The Balaban J connectivity index is 2.45. The number of hydrogen-bond acceptors (Lipinski definition) is 4. The zero-order valence-corrected chi connectivity index (χ0v) is 8.11. The van der Waals surface area contributed by atoms with E-state index < -0.39 is 11.6 Å². The van der Waals surface area contributed by atoms with E-state index in [9.17, 15) is 8.78 Å². The molecule has 0 fully saturated rings. The van der Waals surface area contributed by atoms with Crippen LogP contribution in [-0.2, 0) is 0 Å². The molecule has 0 aliphatic heterocycles. The maximum Gasteiger partial charge on any atom is 0.162 e. The van der Waals surface area contributed by atoms with Gasteiger partial charge in [0, 0.05) is 5.56 Å². The van der Waals surface area contributed by atoms with E-state index in [0.29, 0.717) is 5.82 Å². The number of hydrazine groups is 1.